The Bertz CT molecular complexity index is 1290. The highest BCUT2D eigenvalue weighted by atomic mass is 19.4. The van der Waals surface area contributed by atoms with Gasteiger partial charge in [0.2, 0.25) is 0 Å². The number of hydrogen-bond donors (Lipinski definition) is 1. The lowest BCUT2D eigenvalue weighted by Gasteiger charge is -2.09. The molecule has 0 unspecified atom stereocenters. The Hall–Kier alpha value is -3.42. The van der Waals surface area contributed by atoms with Gasteiger partial charge in [0.1, 0.15) is 17.8 Å². The molecule has 0 saturated carbocycles. The number of halogens is 3. The van der Waals surface area contributed by atoms with Gasteiger partial charge in [0.25, 0.3) is 0 Å². The summed E-state index contributed by atoms with van der Waals surface area (Å²) in [6.45, 7) is 4.08. The molecule has 4 aromatic rings. The van der Waals surface area contributed by atoms with Crippen molar-refractivity contribution in [3.05, 3.63) is 54.5 Å². The second kappa shape index (κ2) is 7.68. The van der Waals surface area contributed by atoms with Gasteiger partial charge in [-0.05, 0) is 36.2 Å². The second-order valence-corrected chi connectivity index (χ2v) is 7.78. The summed E-state index contributed by atoms with van der Waals surface area (Å²) in [4.78, 5) is 20.9. The molecule has 8 heteroatoms. The summed E-state index contributed by atoms with van der Waals surface area (Å²) in [6, 6.07) is 10.8. The Morgan fingerprint density at radius 1 is 1.16 bits per heavy atom. The van der Waals surface area contributed by atoms with Crippen LogP contribution in [0.3, 0.4) is 0 Å². The monoisotopic (exact) mass is 426 g/mol. The third-order valence-electron chi connectivity index (χ3n) is 5.32. The third kappa shape index (κ3) is 3.97. The third-order valence-corrected chi connectivity index (χ3v) is 5.32. The van der Waals surface area contributed by atoms with Crippen LogP contribution in [0.15, 0.2) is 48.9 Å². The lowest BCUT2D eigenvalue weighted by molar-refractivity contribution is -0.133. The van der Waals surface area contributed by atoms with E-state index in [1.54, 1.807) is 18.2 Å². The fourth-order valence-electron chi connectivity index (χ4n) is 3.81. The van der Waals surface area contributed by atoms with Crippen LogP contribution in [0.2, 0.25) is 0 Å². The van der Waals surface area contributed by atoms with Crippen molar-refractivity contribution in [3.8, 4) is 11.1 Å². The van der Waals surface area contributed by atoms with Gasteiger partial charge < -0.3 is 10.3 Å². The van der Waals surface area contributed by atoms with Crippen LogP contribution in [0, 0.1) is 0 Å². The summed E-state index contributed by atoms with van der Waals surface area (Å²) in [5.41, 5.74) is 8.89. The minimum Gasteiger partial charge on any atom is -0.383 e. The van der Waals surface area contributed by atoms with E-state index in [-0.39, 0.29) is 6.04 Å². The highest BCUT2D eigenvalue weighted by Crippen LogP contribution is 2.36. The van der Waals surface area contributed by atoms with Crippen LogP contribution in [0.1, 0.15) is 43.1 Å². The van der Waals surface area contributed by atoms with Crippen molar-refractivity contribution in [2.45, 2.75) is 38.9 Å². The van der Waals surface area contributed by atoms with E-state index >= 15 is 0 Å². The highest BCUT2D eigenvalue weighted by molar-refractivity contribution is 6.09. The van der Waals surface area contributed by atoms with Gasteiger partial charge in [0.15, 0.2) is 5.78 Å². The summed E-state index contributed by atoms with van der Waals surface area (Å²) < 4.78 is 39.6. The number of carbonyl (C=O) groups is 1. The van der Waals surface area contributed by atoms with E-state index in [4.69, 9.17) is 5.73 Å². The minimum absolute atomic E-state index is 0.156. The number of alkyl halides is 3. The van der Waals surface area contributed by atoms with Gasteiger partial charge in [-0.3, -0.25) is 4.79 Å². The molecular weight excluding hydrogens is 405 g/mol. The molecule has 2 aromatic carbocycles. The minimum atomic E-state index is -4.36. The lowest BCUT2D eigenvalue weighted by atomic mass is 9.95. The molecule has 0 aliphatic carbocycles. The van der Waals surface area contributed by atoms with Crippen LogP contribution >= 0.6 is 0 Å². The number of nitrogen functional groups attached to an aromatic ring is 1. The Morgan fingerprint density at radius 3 is 2.65 bits per heavy atom. The standard InChI is InChI=1S/C23H21F3N4O/c1-13(2)30-11-18(20-21(27)28-12-29-22(20)30)15-6-7-16-14(10-15)4-3-5-17(16)19(31)8-9-23(24,25)26/h3-7,10-13H,8-9H2,1-2H3,(H2,27,28,29). The highest BCUT2D eigenvalue weighted by Gasteiger charge is 2.28. The largest absolute Gasteiger partial charge is 0.389 e. The van der Waals surface area contributed by atoms with E-state index in [0.717, 1.165) is 27.5 Å². The maximum Gasteiger partial charge on any atom is 0.389 e. The van der Waals surface area contributed by atoms with Crippen LogP contribution in [-0.4, -0.2) is 26.5 Å². The predicted molar refractivity (Wildman–Crippen MR) is 115 cm³/mol. The fourth-order valence-corrected chi connectivity index (χ4v) is 3.81. The number of nitrogens with two attached hydrogens (primary N) is 1. The maximum absolute atomic E-state index is 12.5. The first-order valence-electron chi connectivity index (χ1n) is 9.90. The van der Waals surface area contributed by atoms with Crippen molar-refractivity contribution >= 4 is 33.4 Å². The fraction of sp³-hybridized carbons (Fsp3) is 0.261. The number of nitrogens with zero attached hydrogens (tertiary/aromatic N) is 3. The SMILES string of the molecule is CC(C)n1cc(-c2ccc3c(C(=O)CCC(F)(F)F)cccc3c2)c2c(N)ncnc21. The smallest absolute Gasteiger partial charge is 0.383 e. The molecule has 31 heavy (non-hydrogen) atoms. The van der Waals surface area contributed by atoms with Crippen LogP contribution in [0.25, 0.3) is 32.9 Å². The second-order valence-electron chi connectivity index (χ2n) is 7.78. The normalized spacial score (nSPS) is 12.2. The van der Waals surface area contributed by atoms with Gasteiger partial charge in [-0.2, -0.15) is 13.2 Å². The molecule has 0 aliphatic heterocycles. The van der Waals surface area contributed by atoms with Crippen LogP contribution < -0.4 is 5.73 Å². The molecule has 5 nitrogen and oxygen atoms in total. The van der Waals surface area contributed by atoms with Gasteiger partial charge in [-0.1, -0.05) is 30.3 Å². The molecule has 2 aromatic heterocycles. The molecule has 2 N–H and O–H groups in total. The molecule has 4 rings (SSSR count). The first kappa shape index (κ1) is 20.8. The molecule has 2 heterocycles. The number of Topliss-reactive ketones (excluding diaryl/α,β-unsaturated/α-hetero) is 1. The number of hydrogen-bond acceptors (Lipinski definition) is 4. The number of fused-ring (bicyclic) bond motifs is 2. The van der Waals surface area contributed by atoms with Crippen molar-refractivity contribution < 1.29 is 18.0 Å². The van der Waals surface area contributed by atoms with Crippen molar-refractivity contribution in [2.75, 3.05) is 5.73 Å². The zero-order chi connectivity index (χ0) is 22.3. The van der Waals surface area contributed by atoms with Crippen LogP contribution in [0.5, 0.6) is 0 Å². The summed E-state index contributed by atoms with van der Waals surface area (Å²) in [7, 11) is 0. The van der Waals surface area contributed by atoms with E-state index < -0.39 is 24.8 Å². The van der Waals surface area contributed by atoms with E-state index in [9.17, 15) is 18.0 Å². The molecule has 0 atom stereocenters. The quantitative estimate of drug-likeness (QED) is 0.401. The summed E-state index contributed by atoms with van der Waals surface area (Å²) in [6.07, 6.45) is -2.66. The average Bonchev–Trinajstić information content (AvgIpc) is 3.12. The zero-order valence-corrected chi connectivity index (χ0v) is 17.1. The van der Waals surface area contributed by atoms with Gasteiger partial charge in [-0.15, -0.1) is 0 Å². The van der Waals surface area contributed by atoms with E-state index in [2.05, 4.69) is 9.97 Å². The molecule has 0 fully saturated rings. The number of carbonyl (C=O) groups excluding carboxylic acids is 1. The molecule has 0 saturated heterocycles. The summed E-state index contributed by atoms with van der Waals surface area (Å²) in [5.74, 6) is -0.152. The lowest BCUT2D eigenvalue weighted by Crippen LogP contribution is -2.11. The Morgan fingerprint density at radius 2 is 1.94 bits per heavy atom. The van der Waals surface area contributed by atoms with E-state index in [0.29, 0.717) is 16.8 Å². The maximum atomic E-state index is 12.5. The molecule has 0 spiro atoms. The van der Waals surface area contributed by atoms with Gasteiger partial charge >= 0.3 is 6.18 Å². The first-order chi connectivity index (χ1) is 14.7. The van der Waals surface area contributed by atoms with Crippen LogP contribution in [0.4, 0.5) is 19.0 Å². The molecule has 0 amide bonds. The van der Waals surface area contributed by atoms with Crippen molar-refractivity contribution in [3.63, 3.8) is 0 Å². The average molecular weight is 426 g/mol. The van der Waals surface area contributed by atoms with Gasteiger partial charge in [0, 0.05) is 29.8 Å². The first-order valence-corrected chi connectivity index (χ1v) is 9.90. The Labute approximate surface area is 176 Å². The Kier molecular flexibility index (Phi) is 5.16. The van der Waals surface area contributed by atoms with Crippen molar-refractivity contribution in [2.24, 2.45) is 0 Å². The topological polar surface area (TPSA) is 73.8 Å². The summed E-state index contributed by atoms with van der Waals surface area (Å²) in [5, 5.41) is 2.12. The van der Waals surface area contributed by atoms with Crippen molar-refractivity contribution in [1.82, 2.24) is 14.5 Å². The number of aromatic nitrogens is 3. The molecule has 160 valence electrons. The van der Waals surface area contributed by atoms with Crippen LogP contribution in [-0.2, 0) is 0 Å². The van der Waals surface area contributed by atoms with E-state index in [1.807, 2.05) is 42.8 Å². The number of anilines is 1. The number of rotatable bonds is 5. The molecular formula is C23H21F3N4O. The zero-order valence-electron chi connectivity index (χ0n) is 17.1. The van der Waals surface area contributed by atoms with Crippen molar-refractivity contribution in [1.29, 1.82) is 0 Å². The van der Waals surface area contributed by atoms with Gasteiger partial charge in [0.05, 0.1) is 11.8 Å². The van der Waals surface area contributed by atoms with Gasteiger partial charge in [-0.25, -0.2) is 9.97 Å². The molecule has 0 radical (unpaired) electrons. The Balaban J connectivity index is 1.81. The number of ketones is 1. The number of benzene rings is 2. The predicted octanol–water partition coefficient (Wildman–Crippen LogP) is 5.94. The van der Waals surface area contributed by atoms with E-state index in [1.165, 1.54) is 6.33 Å². The molecule has 0 bridgehead atoms. The molecule has 0 aliphatic rings. The summed E-state index contributed by atoms with van der Waals surface area (Å²) >= 11 is 0.